The fraction of sp³-hybridized carbons (Fsp3) is 0.176. The molecule has 2 aliphatic rings. The van der Waals surface area contributed by atoms with Gasteiger partial charge in [-0.3, -0.25) is 14.6 Å². The normalized spacial score (nSPS) is 22.4. The minimum Gasteiger partial charge on any atom is -0.271 e. The number of carbonyl (C=O) groups is 2. The van der Waals surface area contributed by atoms with Gasteiger partial charge >= 0.3 is 0 Å². The molecule has 0 radical (unpaired) electrons. The minimum absolute atomic E-state index is 0.296. The Morgan fingerprint density at radius 1 is 0.958 bits per heavy atom. The summed E-state index contributed by atoms with van der Waals surface area (Å²) >= 11 is 5.89. The van der Waals surface area contributed by atoms with Crippen molar-refractivity contribution in [3.63, 3.8) is 0 Å². The van der Waals surface area contributed by atoms with Crippen molar-refractivity contribution >= 4 is 29.1 Å². The summed E-state index contributed by atoms with van der Waals surface area (Å²) in [6, 6.07) is 14.7. The molecule has 4 rings (SSSR count). The van der Waals surface area contributed by atoms with E-state index in [0.717, 1.165) is 5.56 Å². The molecule has 1 saturated heterocycles. The van der Waals surface area contributed by atoms with E-state index in [1.807, 2.05) is 18.2 Å². The summed E-state index contributed by atoms with van der Waals surface area (Å²) in [6.07, 6.45) is 0. The number of para-hydroxylation sites is 1. The average Bonchev–Trinajstić information content (AvgIpc) is 3.11. The number of hydrogen-bond donors (Lipinski definition) is 0. The summed E-state index contributed by atoms with van der Waals surface area (Å²) in [6.45, 7) is 0.392. The molecule has 120 valence electrons. The third-order valence-electron chi connectivity index (χ3n) is 4.13. The first-order valence-corrected chi connectivity index (χ1v) is 7.87. The van der Waals surface area contributed by atoms with Crippen LogP contribution in [0.15, 0.2) is 64.9 Å². The highest BCUT2D eigenvalue weighted by Gasteiger charge is 2.54. The van der Waals surface area contributed by atoms with Crippen molar-refractivity contribution in [3.8, 4) is 0 Å². The third-order valence-corrected chi connectivity index (χ3v) is 4.38. The topological polar surface area (TPSA) is 65.3 Å². The quantitative estimate of drug-likeness (QED) is 0.807. The number of fused-ring (bicyclic) bond motifs is 1. The van der Waals surface area contributed by atoms with Crippen LogP contribution in [0, 0.1) is 0 Å². The van der Waals surface area contributed by atoms with Gasteiger partial charge in [-0.15, -0.1) is 0 Å². The first kappa shape index (κ1) is 14.8. The lowest BCUT2D eigenvalue weighted by atomic mass is 10.1. The van der Waals surface area contributed by atoms with E-state index in [2.05, 4.69) is 10.3 Å². The molecule has 2 atom stereocenters. The van der Waals surface area contributed by atoms with E-state index in [9.17, 15) is 9.59 Å². The molecule has 24 heavy (non-hydrogen) atoms. The van der Waals surface area contributed by atoms with E-state index in [1.54, 1.807) is 41.4 Å². The molecule has 6 nitrogen and oxygen atoms in total. The number of amides is 2. The smallest absolute Gasteiger partial charge is 0.263 e. The highest BCUT2D eigenvalue weighted by atomic mass is 35.5. The van der Waals surface area contributed by atoms with Gasteiger partial charge < -0.3 is 0 Å². The van der Waals surface area contributed by atoms with Gasteiger partial charge in [0.25, 0.3) is 11.8 Å². The number of imide groups is 1. The summed E-state index contributed by atoms with van der Waals surface area (Å²) in [4.78, 5) is 26.5. The fourth-order valence-electron chi connectivity index (χ4n) is 2.96. The van der Waals surface area contributed by atoms with E-state index < -0.39 is 12.1 Å². The van der Waals surface area contributed by atoms with Crippen LogP contribution in [0.25, 0.3) is 0 Å². The molecule has 0 N–H and O–H groups in total. The van der Waals surface area contributed by atoms with Gasteiger partial charge in [-0.25, -0.2) is 4.90 Å². The van der Waals surface area contributed by atoms with Crippen LogP contribution < -0.4 is 4.90 Å². The number of rotatable bonds is 3. The highest BCUT2D eigenvalue weighted by molar-refractivity contribution is 6.30. The van der Waals surface area contributed by atoms with Gasteiger partial charge in [0.2, 0.25) is 0 Å². The zero-order valence-corrected chi connectivity index (χ0v) is 13.3. The van der Waals surface area contributed by atoms with Crippen LogP contribution >= 0.6 is 11.6 Å². The van der Waals surface area contributed by atoms with Crippen molar-refractivity contribution in [1.82, 2.24) is 5.01 Å². The lowest BCUT2D eigenvalue weighted by molar-refractivity contribution is -0.123. The van der Waals surface area contributed by atoms with Gasteiger partial charge in [-0.1, -0.05) is 47.2 Å². The molecule has 2 aliphatic heterocycles. The van der Waals surface area contributed by atoms with Crippen LogP contribution in [-0.4, -0.2) is 28.9 Å². The molecule has 7 heteroatoms. The van der Waals surface area contributed by atoms with Gasteiger partial charge in [0.1, 0.15) is 0 Å². The van der Waals surface area contributed by atoms with E-state index in [0.29, 0.717) is 17.3 Å². The summed E-state index contributed by atoms with van der Waals surface area (Å²) in [5, 5.41) is 10.2. The summed E-state index contributed by atoms with van der Waals surface area (Å²) in [5.41, 5.74) is 1.50. The largest absolute Gasteiger partial charge is 0.271 e. The minimum atomic E-state index is -0.773. The van der Waals surface area contributed by atoms with Crippen LogP contribution in [-0.2, 0) is 16.1 Å². The Morgan fingerprint density at radius 3 is 2.38 bits per heavy atom. The van der Waals surface area contributed by atoms with Crippen molar-refractivity contribution < 1.29 is 9.59 Å². The second-order valence-corrected chi connectivity index (χ2v) is 6.10. The Bertz CT molecular complexity index is 822. The zero-order chi connectivity index (χ0) is 16.7. The van der Waals surface area contributed by atoms with E-state index in [1.165, 1.54) is 4.90 Å². The van der Waals surface area contributed by atoms with Crippen molar-refractivity contribution in [1.29, 1.82) is 0 Å². The third kappa shape index (κ3) is 2.35. The van der Waals surface area contributed by atoms with Gasteiger partial charge in [-0.05, 0) is 29.8 Å². The number of hydrogen-bond acceptors (Lipinski definition) is 5. The summed E-state index contributed by atoms with van der Waals surface area (Å²) in [7, 11) is 0. The van der Waals surface area contributed by atoms with Gasteiger partial charge in [0.05, 0.1) is 12.2 Å². The Kier molecular flexibility index (Phi) is 3.54. The Hall–Kier alpha value is -2.73. The van der Waals surface area contributed by atoms with Crippen LogP contribution in [0.2, 0.25) is 5.02 Å². The Morgan fingerprint density at radius 2 is 1.67 bits per heavy atom. The maximum atomic E-state index is 12.8. The van der Waals surface area contributed by atoms with Crippen LogP contribution in [0.4, 0.5) is 5.69 Å². The van der Waals surface area contributed by atoms with Crippen LogP contribution in [0.3, 0.4) is 0 Å². The van der Waals surface area contributed by atoms with E-state index >= 15 is 0 Å². The molecular formula is C17H13ClN4O2. The fourth-order valence-corrected chi connectivity index (χ4v) is 3.09. The summed E-state index contributed by atoms with van der Waals surface area (Å²) in [5.74, 6) is -0.631. The molecule has 2 amide bonds. The molecule has 2 heterocycles. The lowest BCUT2D eigenvalue weighted by Gasteiger charge is -2.20. The van der Waals surface area contributed by atoms with E-state index in [4.69, 9.17) is 11.6 Å². The molecule has 0 bridgehead atoms. The Balaban J connectivity index is 1.59. The van der Waals surface area contributed by atoms with Crippen molar-refractivity contribution in [2.75, 3.05) is 4.90 Å². The number of benzene rings is 2. The maximum Gasteiger partial charge on any atom is 0.263 e. The van der Waals surface area contributed by atoms with Crippen molar-refractivity contribution in [3.05, 3.63) is 65.2 Å². The second kappa shape index (κ2) is 5.72. The molecule has 0 saturated carbocycles. The van der Waals surface area contributed by atoms with Crippen molar-refractivity contribution in [2.45, 2.75) is 18.6 Å². The highest BCUT2D eigenvalue weighted by Crippen LogP contribution is 2.32. The standard InChI is InChI=1S/C17H13ClN4O2/c18-12-8-6-11(7-9-12)10-21-15-14(19-20-21)16(23)22(17(15)24)13-4-2-1-3-5-13/h1-9,14-15H,10H2/t14-,15+/m0/s1. The number of carbonyl (C=O) groups excluding carboxylic acids is 2. The first-order valence-electron chi connectivity index (χ1n) is 7.50. The molecule has 0 spiro atoms. The van der Waals surface area contributed by atoms with Gasteiger partial charge in [0.15, 0.2) is 12.1 Å². The SMILES string of the molecule is O=C1[C@H]2N=NN(Cc3ccc(Cl)cc3)[C@H]2C(=O)N1c1ccccc1. The van der Waals surface area contributed by atoms with E-state index in [-0.39, 0.29) is 11.8 Å². The number of halogens is 1. The average molecular weight is 341 g/mol. The van der Waals surface area contributed by atoms with Crippen LogP contribution in [0.1, 0.15) is 5.56 Å². The number of anilines is 1. The molecule has 0 unspecified atom stereocenters. The van der Waals surface area contributed by atoms with Gasteiger partial charge in [0, 0.05) is 5.02 Å². The molecule has 2 aromatic carbocycles. The number of nitrogens with zero attached hydrogens (tertiary/aromatic N) is 4. The molecule has 0 aromatic heterocycles. The zero-order valence-electron chi connectivity index (χ0n) is 12.5. The molecule has 2 aromatic rings. The predicted molar refractivity (Wildman–Crippen MR) is 88.4 cm³/mol. The van der Waals surface area contributed by atoms with Crippen LogP contribution in [0.5, 0.6) is 0 Å². The predicted octanol–water partition coefficient (Wildman–Crippen LogP) is 2.83. The molecular weight excluding hydrogens is 328 g/mol. The molecule has 0 aliphatic carbocycles. The maximum absolute atomic E-state index is 12.8. The lowest BCUT2D eigenvalue weighted by Crippen LogP contribution is -2.39. The molecule has 1 fully saturated rings. The second-order valence-electron chi connectivity index (χ2n) is 5.67. The summed E-state index contributed by atoms with van der Waals surface area (Å²) < 4.78 is 0. The Labute approximate surface area is 143 Å². The first-order chi connectivity index (χ1) is 11.6. The van der Waals surface area contributed by atoms with Crippen molar-refractivity contribution in [2.24, 2.45) is 10.3 Å². The van der Waals surface area contributed by atoms with Gasteiger partial charge in [-0.2, -0.15) is 5.11 Å². The monoisotopic (exact) mass is 340 g/mol.